The summed E-state index contributed by atoms with van der Waals surface area (Å²) in [6.45, 7) is 0.876. The molecule has 0 bridgehead atoms. The molecule has 2 nitrogen and oxygen atoms in total. The van der Waals surface area contributed by atoms with Gasteiger partial charge >= 0.3 is 0 Å². The third kappa shape index (κ3) is 2.92. The summed E-state index contributed by atoms with van der Waals surface area (Å²) in [6.07, 6.45) is 14.3. The molecule has 0 fully saturated rings. The maximum atomic E-state index is 5.25. The van der Waals surface area contributed by atoms with Crippen LogP contribution in [0.4, 0.5) is 0 Å². The molecule has 0 aliphatic heterocycles. The fourth-order valence-corrected chi connectivity index (χ4v) is 1.69. The van der Waals surface area contributed by atoms with E-state index in [1.54, 1.807) is 0 Å². The summed E-state index contributed by atoms with van der Waals surface area (Å²) in [5.41, 5.74) is 2.45. The van der Waals surface area contributed by atoms with Crippen molar-refractivity contribution in [3.63, 3.8) is 0 Å². The normalized spacial score (nSPS) is 9.88. The molecule has 2 rings (SSSR count). The van der Waals surface area contributed by atoms with Crippen LogP contribution in [0.25, 0.3) is 11.1 Å². The molecule has 0 aromatic carbocycles. The zero-order chi connectivity index (χ0) is 12.1. The maximum Gasteiger partial charge on any atom is 0.169 e. The van der Waals surface area contributed by atoms with Crippen LogP contribution in [-0.2, 0) is 13.6 Å². The first-order chi connectivity index (χ1) is 8.29. The number of hydrogen-bond acceptors (Lipinski definition) is 0. The van der Waals surface area contributed by atoms with Crippen LogP contribution in [0.2, 0.25) is 0 Å². The lowest BCUT2D eigenvalue weighted by Gasteiger charge is -1.99. The quantitative estimate of drug-likeness (QED) is 0.551. The van der Waals surface area contributed by atoms with Crippen molar-refractivity contribution in [2.24, 2.45) is 7.05 Å². The second kappa shape index (κ2) is 5.27. The van der Waals surface area contributed by atoms with Crippen LogP contribution in [0.1, 0.15) is 6.42 Å². The van der Waals surface area contributed by atoms with Gasteiger partial charge in [0.15, 0.2) is 31.3 Å². The molecular formula is C15H16N2+2. The van der Waals surface area contributed by atoms with E-state index in [-0.39, 0.29) is 0 Å². The van der Waals surface area contributed by atoms with E-state index in [1.165, 1.54) is 11.1 Å². The topological polar surface area (TPSA) is 7.76 Å². The largest absolute Gasteiger partial charge is 0.208 e. The molecule has 0 aliphatic carbocycles. The minimum Gasteiger partial charge on any atom is -0.208 e. The SMILES string of the molecule is C#CCC[n+]1ccc(-c2cc[n+](C)cc2)cc1. The van der Waals surface area contributed by atoms with Crippen molar-refractivity contribution in [1.82, 2.24) is 0 Å². The lowest BCUT2D eigenvalue weighted by Crippen LogP contribution is -2.32. The van der Waals surface area contributed by atoms with E-state index in [1.807, 2.05) is 11.6 Å². The Morgan fingerprint density at radius 2 is 1.53 bits per heavy atom. The van der Waals surface area contributed by atoms with E-state index in [9.17, 15) is 0 Å². The van der Waals surface area contributed by atoms with Gasteiger partial charge in [-0.2, -0.15) is 0 Å². The Balaban J connectivity index is 2.18. The lowest BCUT2D eigenvalue weighted by atomic mass is 10.1. The van der Waals surface area contributed by atoms with Gasteiger partial charge in [0.25, 0.3) is 0 Å². The fraction of sp³-hybridized carbons (Fsp3) is 0.200. The average Bonchev–Trinajstić information content (AvgIpc) is 2.38. The molecule has 2 aromatic rings. The van der Waals surface area contributed by atoms with Crippen LogP contribution >= 0.6 is 0 Å². The highest BCUT2D eigenvalue weighted by molar-refractivity contribution is 5.60. The van der Waals surface area contributed by atoms with Crippen LogP contribution < -0.4 is 9.13 Å². The van der Waals surface area contributed by atoms with Crippen molar-refractivity contribution in [2.75, 3.05) is 0 Å². The number of nitrogens with zero attached hydrogens (tertiary/aromatic N) is 2. The van der Waals surface area contributed by atoms with Gasteiger partial charge in [0.2, 0.25) is 0 Å². The minimum atomic E-state index is 0.769. The van der Waals surface area contributed by atoms with Gasteiger partial charge in [-0.15, -0.1) is 12.3 Å². The number of aryl methyl sites for hydroxylation is 2. The molecule has 0 N–H and O–H groups in total. The highest BCUT2D eigenvalue weighted by Gasteiger charge is 2.03. The molecule has 0 amide bonds. The van der Waals surface area contributed by atoms with E-state index in [0.29, 0.717) is 0 Å². The molecule has 0 saturated heterocycles. The first kappa shape index (κ1) is 11.3. The molecule has 0 saturated carbocycles. The second-order valence-electron chi connectivity index (χ2n) is 4.03. The van der Waals surface area contributed by atoms with Gasteiger partial charge in [0, 0.05) is 24.3 Å². The first-order valence-corrected chi connectivity index (χ1v) is 5.68. The number of rotatable bonds is 3. The predicted octanol–water partition coefficient (Wildman–Crippen LogP) is 1.49. The highest BCUT2D eigenvalue weighted by Crippen LogP contribution is 2.15. The molecule has 0 spiro atoms. The molecule has 17 heavy (non-hydrogen) atoms. The Kier molecular flexibility index (Phi) is 3.52. The standard InChI is InChI=1S/C15H16N2/c1-3-4-9-17-12-7-15(8-13-17)14-5-10-16(2)11-6-14/h1,5-8,10-13H,4,9H2,2H3/q+2. The smallest absolute Gasteiger partial charge is 0.169 e. The summed E-state index contributed by atoms with van der Waals surface area (Å²) in [6, 6.07) is 8.46. The zero-order valence-corrected chi connectivity index (χ0v) is 10.0. The number of terminal acetylenes is 1. The molecule has 0 aliphatic rings. The van der Waals surface area contributed by atoms with Crippen molar-refractivity contribution >= 4 is 0 Å². The molecule has 2 aromatic heterocycles. The van der Waals surface area contributed by atoms with Gasteiger partial charge in [0.05, 0.1) is 6.42 Å². The van der Waals surface area contributed by atoms with Crippen LogP contribution in [0.5, 0.6) is 0 Å². The molecule has 0 unspecified atom stereocenters. The molecule has 0 atom stereocenters. The van der Waals surface area contributed by atoms with E-state index in [4.69, 9.17) is 6.42 Å². The van der Waals surface area contributed by atoms with Crippen LogP contribution in [-0.4, -0.2) is 0 Å². The summed E-state index contributed by atoms with van der Waals surface area (Å²) in [5.74, 6) is 2.65. The Bertz CT molecular complexity index is 518. The van der Waals surface area contributed by atoms with E-state index >= 15 is 0 Å². The molecular weight excluding hydrogens is 208 g/mol. The van der Waals surface area contributed by atoms with Gasteiger partial charge < -0.3 is 0 Å². The molecule has 84 valence electrons. The number of pyridine rings is 2. The minimum absolute atomic E-state index is 0.769. The molecule has 2 heterocycles. The molecule has 0 radical (unpaired) electrons. The number of aromatic nitrogens is 2. The summed E-state index contributed by atoms with van der Waals surface area (Å²) in [4.78, 5) is 0. The maximum absolute atomic E-state index is 5.25. The zero-order valence-electron chi connectivity index (χ0n) is 10.0. The van der Waals surface area contributed by atoms with Crippen LogP contribution in [0.3, 0.4) is 0 Å². The van der Waals surface area contributed by atoms with Crippen LogP contribution in [0, 0.1) is 12.3 Å². The van der Waals surface area contributed by atoms with Gasteiger partial charge in [0.1, 0.15) is 7.05 Å². The predicted molar refractivity (Wildman–Crippen MR) is 66.7 cm³/mol. The van der Waals surface area contributed by atoms with Gasteiger partial charge in [-0.05, 0) is 11.1 Å². The fourth-order valence-electron chi connectivity index (χ4n) is 1.69. The van der Waals surface area contributed by atoms with Gasteiger partial charge in [-0.1, -0.05) is 0 Å². The Morgan fingerprint density at radius 1 is 1.00 bits per heavy atom. The van der Waals surface area contributed by atoms with Crippen molar-refractivity contribution in [1.29, 1.82) is 0 Å². The van der Waals surface area contributed by atoms with Gasteiger partial charge in [-0.25, -0.2) is 9.13 Å². The molecule has 2 heteroatoms. The lowest BCUT2D eigenvalue weighted by molar-refractivity contribution is -0.695. The Labute approximate surface area is 102 Å². The van der Waals surface area contributed by atoms with E-state index < -0.39 is 0 Å². The van der Waals surface area contributed by atoms with E-state index in [0.717, 1.165) is 13.0 Å². The van der Waals surface area contributed by atoms with Crippen molar-refractivity contribution in [2.45, 2.75) is 13.0 Å². The monoisotopic (exact) mass is 224 g/mol. The van der Waals surface area contributed by atoms with Crippen LogP contribution in [0.15, 0.2) is 49.1 Å². The van der Waals surface area contributed by atoms with Crippen molar-refractivity contribution in [3.05, 3.63) is 49.1 Å². The van der Waals surface area contributed by atoms with E-state index in [2.05, 4.69) is 59.5 Å². The van der Waals surface area contributed by atoms with Crippen molar-refractivity contribution in [3.8, 4) is 23.5 Å². The second-order valence-corrected chi connectivity index (χ2v) is 4.03. The Morgan fingerprint density at radius 3 is 2.06 bits per heavy atom. The summed E-state index contributed by atoms with van der Waals surface area (Å²) in [7, 11) is 2.02. The third-order valence-corrected chi connectivity index (χ3v) is 2.72. The van der Waals surface area contributed by atoms with Gasteiger partial charge in [-0.3, -0.25) is 0 Å². The Hall–Kier alpha value is -2.14. The first-order valence-electron chi connectivity index (χ1n) is 5.68. The summed E-state index contributed by atoms with van der Waals surface area (Å²) in [5, 5.41) is 0. The summed E-state index contributed by atoms with van der Waals surface area (Å²) >= 11 is 0. The number of hydrogen-bond donors (Lipinski definition) is 0. The summed E-state index contributed by atoms with van der Waals surface area (Å²) < 4.78 is 4.13. The average molecular weight is 224 g/mol. The highest BCUT2D eigenvalue weighted by atomic mass is 14.9. The third-order valence-electron chi connectivity index (χ3n) is 2.72. The van der Waals surface area contributed by atoms with Crippen molar-refractivity contribution < 1.29 is 9.13 Å².